The van der Waals surface area contributed by atoms with E-state index in [1.165, 1.54) is 51.5 Å². The lowest BCUT2D eigenvalue weighted by atomic mass is 9.89. The first-order chi connectivity index (χ1) is 8.83. The Morgan fingerprint density at radius 3 is 2.56 bits per heavy atom. The van der Waals surface area contributed by atoms with Crippen molar-refractivity contribution in [2.24, 2.45) is 17.8 Å². The molecule has 0 aromatic heterocycles. The highest BCUT2D eigenvalue weighted by atomic mass is 16.1. The molecule has 5 atom stereocenters. The van der Waals surface area contributed by atoms with Gasteiger partial charge in [0.1, 0.15) is 5.78 Å². The van der Waals surface area contributed by atoms with Gasteiger partial charge < -0.3 is 0 Å². The van der Waals surface area contributed by atoms with E-state index in [1.807, 2.05) is 0 Å². The van der Waals surface area contributed by atoms with Crippen molar-refractivity contribution in [3.8, 4) is 0 Å². The summed E-state index contributed by atoms with van der Waals surface area (Å²) < 4.78 is 0. The summed E-state index contributed by atoms with van der Waals surface area (Å²) in [6.45, 7) is 1.28. The predicted octanol–water partition coefficient (Wildman–Crippen LogP) is 3.01. The van der Waals surface area contributed by atoms with Gasteiger partial charge in [-0.2, -0.15) is 0 Å². The van der Waals surface area contributed by atoms with Crippen LogP contribution in [-0.2, 0) is 4.79 Å². The molecule has 0 aromatic carbocycles. The molecule has 18 heavy (non-hydrogen) atoms. The number of likely N-dealkylation sites (tertiary alicyclic amines) is 1. The summed E-state index contributed by atoms with van der Waals surface area (Å²) in [6.07, 6.45) is 11.7. The first kappa shape index (κ1) is 11.5. The van der Waals surface area contributed by atoms with Crippen LogP contribution in [-0.4, -0.2) is 29.3 Å². The topological polar surface area (TPSA) is 20.3 Å². The van der Waals surface area contributed by atoms with Gasteiger partial charge in [0, 0.05) is 24.4 Å². The van der Waals surface area contributed by atoms with Gasteiger partial charge in [-0.05, 0) is 63.3 Å². The van der Waals surface area contributed by atoms with Crippen LogP contribution in [0.4, 0.5) is 0 Å². The van der Waals surface area contributed by atoms with Gasteiger partial charge >= 0.3 is 0 Å². The van der Waals surface area contributed by atoms with Gasteiger partial charge in [-0.3, -0.25) is 9.69 Å². The molecule has 1 heterocycles. The largest absolute Gasteiger partial charge is 0.299 e. The molecule has 2 nitrogen and oxygen atoms in total. The number of nitrogens with zero attached hydrogens (tertiary/aromatic N) is 1. The fourth-order valence-corrected chi connectivity index (χ4v) is 5.53. The molecule has 3 saturated carbocycles. The Bertz CT molecular complexity index is 353. The number of Topliss-reactive ketones (excluding diaryl/α,β-unsaturated/α-hetero) is 1. The molecule has 2 bridgehead atoms. The Balaban J connectivity index is 1.51. The highest BCUT2D eigenvalue weighted by molar-refractivity contribution is 5.83. The Morgan fingerprint density at radius 1 is 0.944 bits per heavy atom. The van der Waals surface area contributed by atoms with E-state index >= 15 is 0 Å². The molecule has 1 aliphatic heterocycles. The lowest BCUT2D eigenvalue weighted by molar-refractivity contribution is -0.122. The summed E-state index contributed by atoms with van der Waals surface area (Å²) in [7, 11) is 0. The molecule has 2 heteroatoms. The third kappa shape index (κ3) is 1.68. The van der Waals surface area contributed by atoms with E-state index in [1.54, 1.807) is 0 Å². The summed E-state index contributed by atoms with van der Waals surface area (Å²) in [4.78, 5) is 14.8. The Hall–Kier alpha value is -0.370. The van der Waals surface area contributed by atoms with Crippen LogP contribution in [0, 0.1) is 17.8 Å². The lowest BCUT2D eigenvalue weighted by Crippen LogP contribution is -2.46. The second-order valence-electron chi connectivity index (χ2n) is 7.15. The molecule has 0 amide bonds. The average molecular weight is 247 g/mol. The van der Waals surface area contributed by atoms with Crippen LogP contribution in [0.2, 0.25) is 0 Å². The van der Waals surface area contributed by atoms with Crippen molar-refractivity contribution in [3.63, 3.8) is 0 Å². The fourth-order valence-electron chi connectivity index (χ4n) is 5.53. The van der Waals surface area contributed by atoms with Gasteiger partial charge in [-0.15, -0.1) is 0 Å². The normalized spacial score (nSPS) is 48.4. The monoisotopic (exact) mass is 247 g/mol. The molecule has 0 radical (unpaired) electrons. The third-order valence-electron chi connectivity index (χ3n) is 6.29. The van der Waals surface area contributed by atoms with Crippen molar-refractivity contribution in [1.29, 1.82) is 0 Å². The van der Waals surface area contributed by atoms with Gasteiger partial charge in [0.2, 0.25) is 0 Å². The van der Waals surface area contributed by atoms with Crippen molar-refractivity contribution in [2.75, 3.05) is 6.54 Å². The van der Waals surface area contributed by atoms with Crippen molar-refractivity contribution in [3.05, 3.63) is 0 Å². The first-order valence-corrected chi connectivity index (χ1v) is 8.11. The molecular weight excluding hydrogens is 222 g/mol. The minimum Gasteiger partial charge on any atom is -0.299 e. The van der Waals surface area contributed by atoms with Crippen molar-refractivity contribution >= 4 is 5.78 Å². The standard InChI is InChI=1S/C16H25NO/c18-16-5-1-3-13(16)14-4-2-8-17(14)15-10-11-6-7-12(15)9-11/h11-15H,1-10H2. The number of fused-ring (bicyclic) bond motifs is 2. The van der Waals surface area contributed by atoms with E-state index in [0.717, 1.165) is 30.7 Å². The predicted molar refractivity (Wildman–Crippen MR) is 71.3 cm³/mol. The fraction of sp³-hybridized carbons (Fsp3) is 0.938. The second kappa shape index (κ2) is 4.33. The van der Waals surface area contributed by atoms with Gasteiger partial charge in [0.25, 0.3) is 0 Å². The maximum atomic E-state index is 12.1. The lowest BCUT2D eigenvalue weighted by Gasteiger charge is -2.38. The van der Waals surface area contributed by atoms with Crippen molar-refractivity contribution < 1.29 is 4.79 Å². The summed E-state index contributed by atoms with van der Waals surface area (Å²) in [5.74, 6) is 2.99. The number of carbonyl (C=O) groups is 1. The summed E-state index contributed by atoms with van der Waals surface area (Å²) in [5, 5.41) is 0. The first-order valence-electron chi connectivity index (χ1n) is 8.11. The van der Waals surface area contributed by atoms with E-state index in [4.69, 9.17) is 0 Å². The van der Waals surface area contributed by atoms with E-state index in [9.17, 15) is 4.79 Å². The molecule has 4 rings (SSSR count). The van der Waals surface area contributed by atoms with Crippen LogP contribution in [0.3, 0.4) is 0 Å². The van der Waals surface area contributed by atoms with Crippen LogP contribution < -0.4 is 0 Å². The van der Waals surface area contributed by atoms with Crippen molar-refractivity contribution in [1.82, 2.24) is 4.90 Å². The highest BCUT2D eigenvalue weighted by Crippen LogP contribution is 2.49. The smallest absolute Gasteiger partial charge is 0.137 e. The molecule has 1 saturated heterocycles. The van der Waals surface area contributed by atoms with E-state index in [2.05, 4.69) is 4.90 Å². The molecule has 4 fully saturated rings. The van der Waals surface area contributed by atoms with Crippen LogP contribution in [0.15, 0.2) is 0 Å². The number of carbonyl (C=O) groups excluding carboxylic acids is 1. The zero-order valence-electron chi connectivity index (χ0n) is 11.3. The summed E-state index contributed by atoms with van der Waals surface area (Å²) in [6, 6.07) is 1.48. The van der Waals surface area contributed by atoms with Crippen LogP contribution in [0.25, 0.3) is 0 Å². The highest BCUT2D eigenvalue weighted by Gasteiger charge is 2.47. The van der Waals surface area contributed by atoms with E-state index in [-0.39, 0.29) is 0 Å². The SMILES string of the molecule is O=C1CCCC1C1CCCN1C1CC2CCC1C2. The van der Waals surface area contributed by atoms with Crippen LogP contribution in [0.1, 0.15) is 57.8 Å². The molecule has 3 aliphatic carbocycles. The minimum atomic E-state index is 0.409. The zero-order valence-corrected chi connectivity index (χ0v) is 11.3. The Morgan fingerprint density at radius 2 is 1.89 bits per heavy atom. The maximum Gasteiger partial charge on any atom is 0.137 e. The molecule has 0 aromatic rings. The molecule has 4 aliphatic rings. The number of ketones is 1. The second-order valence-corrected chi connectivity index (χ2v) is 7.15. The van der Waals surface area contributed by atoms with Gasteiger partial charge in [-0.25, -0.2) is 0 Å². The maximum absolute atomic E-state index is 12.1. The van der Waals surface area contributed by atoms with Gasteiger partial charge in [0.15, 0.2) is 0 Å². The van der Waals surface area contributed by atoms with E-state index in [0.29, 0.717) is 17.7 Å². The molecule has 0 spiro atoms. The molecule has 5 unspecified atom stereocenters. The van der Waals surface area contributed by atoms with Crippen molar-refractivity contribution in [2.45, 2.75) is 69.9 Å². The number of rotatable bonds is 2. The quantitative estimate of drug-likeness (QED) is 0.747. The molecule has 0 N–H and O–H groups in total. The molecular formula is C16H25NO. The summed E-state index contributed by atoms with van der Waals surface area (Å²) in [5.41, 5.74) is 0. The number of hydrogen-bond acceptors (Lipinski definition) is 2. The Labute approximate surface area is 110 Å². The minimum absolute atomic E-state index is 0.409. The van der Waals surface area contributed by atoms with Crippen LogP contribution in [0.5, 0.6) is 0 Å². The Kier molecular flexibility index (Phi) is 2.76. The van der Waals surface area contributed by atoms with Gasteiger partial charge in [-0.1, -0.05) is 6.42 Å². The summed E-state index contributed by atoms with van der Waals surface area (Å²) >= 11 is 0. The molecule has 100 valence electrons. The van der Waals surface area contributed by atoms with E-state index < -0.39 is 0 Å². The van der Waals surface area contributed by atoms with Crippen LogP contribution >= 0.6 is 0 Å². The third-order valence-corrected chi connectivity index (χ3v) is 6.29. The zero-order chi connectivity index (χ0) is 12.1. The number of hydrogen-bond donors (Lipinski definition) is 0. The van der Waals surface area contributed by atoms with Gasteiger partial charge in [0.05, 0.1) is 0 Å². The average Bonchev–Trinajstić information content (AvgIpc) is 3.11.